The van der Waals surface area contributed by atoms with Gasteiger partial charge in [0.25, 0.3) is 21.6 Å². The number of hydrogen-bond acceptors (Lipinski definition) is 22. The van der Waals surface area contributed by atoms with Crippen LogP contribution in [-0.2, 0) is 38.6 Å². The number of pyridine rings is 1. The van der Waals surface area contributed by atoms with E-state index in [1.807, 2.05) is 82.6 Å². The number of benzene rings is 4. The van der Waals surface area contributed by atoms with Crippen molar-refractivity contribution in [3.63, 3.8) is 0 Å². The molecule has 6 N–H and O–H groups in total. The number of aliphatic hydroxyl groups excluding tert-OH is 1. The number of ether oxygens (including phenoxy) is 5. The molecule has 0 radical (unpaired) electrons. The van der Waals surface area contributed by atoms with Crippen molar-refractivity contribution in [2.24, 2.45) is 16.7 Å². The van der Waals surface area contributed by atoms with Crippen LogP contribution in [0.4, 0.5) is 17.1 Å². The average molecular weight is 1600 g/mol. The van der Waals surface area contributed by atoms with Gasteiger partial charge in [-0.05, 0) is 173 Å². The second-order valence-electron chi connectivity index (χ2n) is 32.1. The number of halogens is 1. The lowest BCUT2D eigenvalue weighted by atomic mass is 9.72. The molecule has 0 saturated carbocycles. The predicted octanol–water partition coefficient (Wildman–Crippen LogP) is 11.8. The van der Waals surface area contributed by atoms with Gasteiger partial charge in [-0.3, -0.25) is 29.4 Å². The number of anilines is 2. The summed E-state index contributed by atoms with van der Waals surface area (Å²) in [6, 6.07) is 27.4. The van der Waals surface area contributed by atoms with Crippen LogP contribution in [0.2, 0.25) is 5.02 Å². The second-order valence-corrected chi connectivity index (χ2v) is 35.1. The number of nitro groups is 1. The van der Waals surface area contributed by atoms with Crippen molar-refractivity contribution >= 4 is 84.4 Å². The number of fused-ring (bicyclic) bond motifs is 1. The number of carbonyl (C=O) groups is 3. The number of nitrogens with one attached hydrogen (secondary N) is 5. The van der Waals surface area contributed by atoms with Gasteiger partial charge < -0.3 is 69.3 Å². The fourth-order valence-corrected chi connectivity index (χ4v) is 17.8. The van der Waals surface area contributed by atoms with Crippen molar-refractivity contribution in [1.82, 2.24) is 49.9 Å². The quantitative estimate of drug-likeness (QED) is 0.0122. The topological polar surface area (TPSA) is 301 Å². The average Bonchev–Trinajstić information content (AvgIpc) is 1.06. The van der Waals surface area contributed by atoms with Gasteiger partial charge in [0.05, 0.1) is 109 Å². The Kier molecular flexibility index (Phi) is 28.6. The maximum absolute atomic E-state index is 14.2. The zero-order valence-electron chi connectivity index (χ0n) is 65.6. The molecule has 12 rings (SSSR count). The molecule has 7 heterocycles. The minimum Gasteiger partial charge on any atom is -0.455 e. The first-order chi connectivity index (χ1) is 53.8. The van der Waals surface area contributed by atoms with Crippen LogP contribution in [0.25, 0.3) is 27.0 Å². The lowest BCUT2D eigenvalue weighted by Gasteiger charge is -2.42. The van der Waals surface area contributed by atoms with Gasteiger partial charge in [0.15, 0.2) is 0 Å². The molecule has 0 bridgehead atoms. The summed E-state index contributed by atoms with van der Waals surface area (Å²) in [6.45, 7) is 27.5. The zero-order chi connectivity index (χ0) is 79.1. The number of nitrogens with zero attached hydrogens (tertiary/aromatic N) is 8. The second kappa shape index (κ2) is 38.4. The summed E-state index contributed by atoms with van der Waals surface area (Å²) in [5.41, 5.74) is 9.79. The van der Waals surface area contributed by atoms with E-state index in [0.717, 1.165) is 141 Å². The number of thiazole rings is 1. The number of H-pyrrole nitrogens is 1. The van der Waals surface area contributed by atoms with E-state index < -0.39 is 55.0 Å². The van der Waals surface area contributed by atoms with Crippen LogP contribution in [0.15, 0.2) is 125 Å². The molecular weight excluding hydrogens is 1490 g/mol. The number of aromatic amines is 1. The molecule has 604 valence electrons. The number of piperidine rings is 2. The normalized spacial score (nSPS) is 19.1. The molecule has 7 aromatic rings. The van der Waals surface area contributed by atoms with Gasteiger partial charge in [0.2, 0.25) is 11.8 Å². The van der Waals surface area contributed by atoms with Crippen molar-refractivity contribution in [2.45, 2.75) is 135 Å². The molecule has 5 aliphatic rings. The van der Waals surface area contributed by atoms with E-state index in [0.29, 0.717) is 96.5 Å². The molecule has 4 atom stereocenters. The van der Waals surface area contributed by atoms with Crippen LogP contribution in [0, 0.1) is 33.8 Å². The summed E-state index contributed by atoms with van der Waals surface area (Å²) >= 11 is 7.88. The van der Waals surface area contributed by atoms with Crippen molar-refractivity contribution in [3.05, 3.63) is 158 Å². The first-order valence-electron chi connectivity index (χ1n) is 39.4. The van der Waals surface area contributed by atoms with Crippen molar-refractivity contribution in [1.29, 1.82) is 0 Å². The van der Waals surface area contributed by atoms with Crippen LogP contribution in [0.3, 0.4) is 0 Å². The summed E-state index contributed by atoms with van der Waals surface area (Å²) in [5, 5.41) is 34.5. The Morgan fingerprint density at radius 3 is 2.18 bits per heavy atom. The van der Waals surface area contributed by atoms with E-state index in [9.17, 15) is 38.0 Å². The van der Waals surface area contributed by atoms with E-state index in [1.54, 1.807) is 41.8 Å². The number of carbonyl (C=O) groups excluding carboxylic acids is 3. The van der Waals surface area contributed by atoms with E-state index in [4.69, 9.17) is 35.3 Å². The fourth-order valence-electron chi connectivity index (χ4n) is 15.8. The standard InChI is InChI=1S/C83H110ClN13O13S2/c1-56(59-8-10-61(11-9-59)76-57(2)89-55-111-76)90-80(100)74-48-67(98)54-96(74)81(101)77(82(3,4)5)85-28-38-106-40-42-108-44-45-109-43-41-107-39-37-92-29-24-65(25-30-92)94-31-22-58(23-32-94)51-87-72-19-17-69(49-73(72)97(102)103)112(104,105)91-79(99)70-18-16-66(47-75(70)110-68-46-62-21-27-86-78(62)88-52-68)95-35-33-93(34-36-95)53-63-20-26-83(6,7)50-71(63)60-12-14-64(84)15-13-60/h8-19,21,27,46-47,49,52,55-56,58,65,67,74,77,85,87,98H,20,22-26,28-45,48,50-51,53-54H2,1-7H3,(H,86,88)(H,90,100)(H,91,99)/t56-,67+,74-,77+/m0/s1. The summed E-state index contributed by atoms with van der Waals surface area (Å²) in [7, 11) is -4.63. The number of likely N-dealkylation sites (tertiary alicyclic amines) is 3. The highest BCUT2D eigenvalue weighted by molar-refractivity contribution is 7.90. The molecule has 0 unspecified atom stereocenters. The highest BCUT2D eigenvalue weighted by Crippen LogP contribution is 2.44. The van der Waals surface area contributed by atoms with Gasteiger partial charge in [-0.15, -0.1) is 11.3 Å². The Hall–Kier alpha value is -7.97. The van der Waals surface area contributed by atoms with E-state index in [2.05, 4.69) is 81.2 Å². The van der Waals surface area contributed by atoms with Gasteiger partial charge >= 0.3 is 0 Å². The van der Waals surface area contributed by atoms with Gasteiger partial charge in [-0.2, -0.15) is 0 Å². The third-order valence-corrected chi connectivity index (χ3v) is 24.9. The number of β-amino-alcohol motifs (C(OH)–C–C–N with tert-alkyl or cyclic N) is 1. The van der Waals surface area contributed by atoms with Gasteiger partial charge in [0.1, 0.15) is 28.9 Å². The molecule has 29 heteroatoms. The van der Waals surface area contributed by atoms with Crippen molar-refractivity contribution in [3.8, 4) is 21.9 Å². The van der Waals surface area contributed by atoms with Crippen LogP contribution in [0.1, 0.15) is 126 Å². The Morgan fingerprint density at radius 2 is 1.50 bits per heavy atom. The Bertz CT molecular complexity index is 4470. The first kappa shape index (κ1) is 83.5. The summed E-state index contributed by atoms with van der Waals surface area (Å²) < 4.78 is 60.0. The molecule has 3 amide bonds. The maximum atomic E-state index is 14.2. The molecule has 4 aromatic carbocycles. The van der Waals surface area contributed by atoms with Gasteiger partial charge in [0, 0.05) is 106 Å². The first-order valence-corrected chi connectivity index (χ1v) is 42.1. The third kappa shape index (κ3) is 22.3. The number of sulfonamides is 1. The molecule has 112 heavy (non-hydrogen) atoms. The van der Waals surface area contributed by atoms with Gasteiger partial charge in [-0.1, -0.05) is 88.2 Å². The molecule has 4 saturated heterocycles. The lowest BCUT2D eigenvalue weighted by molar-refractivity contribution is -0.384. The number of allylic oxidation sites excluding steroid dienone is 1. The highest BCUT2D eigenvalue weighted by atomic mass is 35.5. The number of aliphatic hydroxyl groups is 1. The number of aryl methyl sites for hydroxylation is 1. The maximum Gasteiger partial charge on any atom is 0.293 e. The Labute approximate surface area is 666 Å². The minimum absolute atomic E-state index is 0.0476. The monoisotopic (exact) mass is 1600 g/mol. The van der Waals surface area contributed by atoms with Crippen LogP contribution < -0.4 is 30.3 Å². The van der Waals surface area contributed by atoms with Crippen LogP contribution in [0.5, 0.6) is 11.5 Å². The number of hydrogen-bond donors (Lipinski definition) is 6. The molecular formula is C83H110ClN13O13S2. The molecule has 3 aromatic heterocycles. The highest BCUT2D eigenvalue weighted by Gasteiger charge is 2.44. The number of amides is 3. The zero-order valence-corrected chi connectivity index (χ0v) is 67.9. The molecule has 4 fully saturated rings. The smallest absolute Gasteiger partial charge is 0.293 e. The van der Waals surface area contributed by atoms with Crippen molar-refractivity contribution < 1.29 is 56.5 Å². The minimum atomic E-state index is -4.63. The van der Waals surface area contributed by atoms with E-state index in [1.165, 1.54) is 39.9 Å². The Balaban J connectivity index is 0.514. The number of nitro benzene ring substituents is 1. The van der Waals surface area contributed by atoms with Crippen molar-refractivity contribution in [2.75, 3.05) is 148 Å². The summed E-state index contributed by atoms with van der Waals surface area (Å²) in [5.74, 6) is -0.781. The summed E-state index contributed by atoms with van der Waals surface area (Å²) in [4.78, 5) is 77.9. The van der Waals surface area contributed by atoms with E-state index in [-0.39, 0.29) is 59.2 Å². The molecule has 26 nitrogen and oxygen atoms in total. The molecule has 0 spiro atoms. The fraction of sp³-hybridized carbons (Fsp3) is 0.530. The largest absolute Gasteiger partial charge is 0.455 e. The van der Waals surface area contributed by atoms with Crippen LogP contribution in [-0.4, -0.2) is 233 Å². The summed E-state index contributed by atoms with van der Waals surface area (Å²) in [6.07, 6.45) is 9.75. The number of rotatable bonds is 35. The predicted molar refractivity (Wildman–Crippen MR) is 437 cm³/mol. The van der Waals surface area contributed by atoms with Crippen LogP contribution >= 0.6 is 22.9 Å². The molecule has 4 aliphatic heterocycles. The molecule has 1 aliphatic carbocycles. The Morgan fingerprint density at radius 1 is 0.812 bits per heavy atom. The SMILES string of the molecule is Cc1ncsc1-c1ccc([C@H](C)NC(=O)[C@@H]2C[C@@H](O)CN2C(=O)[C@@H](NCCOCCOCCOCCOCCN2CCC(N3CCC(CNc4ccc(S(=O)(=O)NC(=O)c5ccc(N6CCN(CC7=C(c8ccc(Cl)cc8)CC(C)(C)CC7)CC6)cc5Oc5cnc6[nH]ccc6c5)cc4[N+](=O)[O-])CC3)CC2)C(C)(C)C)cc1. The van der Waals surface area contributed by atoms with E-state index >= 15 is 0 Å². The lowest BCUT2D eigenvalue weighted by Crippen LogP contribution is -2.57. The third-order valence-electron chi connectivity index (χ3n) is 22.4. The number of piperazine rings is 1. The van der Waals surface area contributed by atoms with Gasteiger partial charge in [-0.25, -0.2) is 23.1 Å². The number of aromatic nitrogens is 3.